The fourth-order valence-electron chi connectivity index (χ4n) is 2.68. The molecule has 8 heteroatoms. The van der Waals surface area contributed by atoms with Crippen molar-refractivity contribution in [3.8, 4) is 0 Å². The van der Waals surface area contributed by atoms with Crippen LogP contribution in [-0.2, 0) is 0 Å². The van der Waals surface area contributed by atoms with E-state index >= 15 is 0 Å². The Morgan fingerprint density at radius 1 is 1.28 bits per heavy atom. The summed E-state index contributed by atoms with van der Waals surface area (Å²) >= 11 is 0. The molecule has 2 atom stereocenters. The van der Waals surface area contributed by atoms with Crippen molar-refractivity contribution in [2.24, 2.45) is 0 Å². The molecule has 2 N–H and O–H groups in total. The van der Waals surface area contributed by atoms with Gasteiger partial charge in [-0.2, -0.15) is 0 Å². The van der Waals surface area contributed by atoms with Crippen LogP contribution in [0.3, 0.4) is 0 Å². The van der Waals surface area contributed by atoms with Gasteiger partial charge in [-0.25, -0.2) is 4.79 Å². The molecule has 25 heavy (non-hydrogen) atoms. The molecule has 0 aliphatic carbocycles. The molecular weight excluding hydrogens is 320 g/mol. The first-order chi connectivity index (χ1) is 12.1. The monoisotopic (exact) mass is 342 g/mol. The number of amides is 2. The van der Waals surface area contributed by atoms with Crippen molar-refractivity contribution in [3.05, 3.63) is 54.4 Å². The number of aromatic nitrogens is 3. The molecule has 3 aromatic rings. The Hall–Kier alpha value is -2.87. The molecule has 8 nitrogen and oxygen atoms in total. The van der Waals surface area contributed by atoms with Gasteiger partial charge in [-0.1, -0.05) is 6.07 Å². The number of hydrogen-bond donors (Lipinski definition) is 2. The minimum absolute atomic E-state index is 0.0371. The standard InChI is InChI=1S/C17H22N6O2/c1-12(16-21-20-15-8-4-5-9-23(15)16)19-17(24)18-11-13(22(2)3)14-7-6-10-25-14/h4-10,12-13H,11H2,1-3H3,(H2,18,19,24). The van der Waals surface area contributed by atoms with Gasteiger partial charge >= 0.3 is 6.03 Å². The zero-order valence-corrected chi connectivity index (χ0v) is 14.5. The maximum absolute atomic E-state index is 12.3. The quantitative estimate of drug-likeness (QED) is 0.715. The van der Waals surface area contributed by atoms with Crippen LogP contribution in [0.1, 0.15) is 30.6 Å². The second-order valence-electron chi connectivity index (χ2n) is 6.06. The van der Waals surface area contributed by atoms with Crippen molar-refractivity contribution < 1.29 is 9.21 Å². The maximum atomic E-state index is 12.3. The molecule has 0 aliphatic heterocycles. The molecule has 2 unspecified atom stereocenters. The maximum Gasteiger partial charge on any atom is 0.315 e. The molecule has 0 aromatic carbocycles. The summed E-state index contributed by atoms with van der Waals surface area (Å²) in [5.74, 6) is 1.49. The highest BCUT2D eigenvalue weighted by Gasteiger charge is 2.19. The largest absolute Gasteiger partial charge is 0.468 e. The van der Waals surface area contributed by atoms with Gasteiger partial charge in [0.05, 0.1) is 18.3 Å². The number of fused-ring (bicyclic) bond motifs is 1. The molecule has 2 amide bonds. The molecule has 3 aromatic heterocycles. The summed E-state index contributed by atoms with van der Waals surface area (Å²) in [4.78, 5) is 14.2. The summed E-state index contributed by atoms with van der Waals surface area (Å²) in [5.41, 5.74) is 0.747. The lowest BCUT2D eigenvalue weighted by Gasteiger charge is -2.23. The van der Waals surface area contributed by atoms with Gasteiger partial charge in [0.2, 0.25) is 0 Å². The summed E-state index contributed by atoms with van der Waals surface area (Å²) < 4.78 is 7.30. The molecule has 0 fully saturated rings. The number of carbonyl (C=O) groups excluding carboxylic acids is 1. The average molecular weight is 342 g/mol. The highest BCUT2D eigenvalue weighted by Crippen LogP contribution is 2.17. The number of carbonyl (C=O) groups is 1. The molecular formula is C17H22N6O2. The number of likely N-dealkylation sites (N-methyl/N-ethyl adjacent to an activating group) is 1. The lowest BCUT2D eigenvalue weighted by atomic mass is 10.2. The van der Waals surface area contributed by atoms with Gasteiger partial charge in [0.15, 0.2) is 11.5 Å². The van der Waals surface area contributed by atoms with Gasteiger partial charge in [0.25, 0.3) is 0 Å². The first kappa shape index (κ1) is 17.0. The minimum Gasteiger partial charge on any atom is -0.468 e. The average Bonchev–Trinajstić information content (AvgIpc) is 3.24. The van der Waals surface area contributed by atoms with Crippen LogP contribution in [0, 0.1) is 0 Å². The van der Waals surface area contributed by atoms with E-state index < -0.39 is 0 Å². The van der Waals surface area contributed by atoms with Crippen molar-refractivity contribution in [2.75, 3.05) is 20.6 Å². The first-order valence-corrected chi connectivity index (χ1v) is 8.10. The summed E-state index contributed by atoms with van der Waals surface area (Å²) in [6, 6.07) is 8.82. The Balaban J connectivity index is 1.60. The van der Waals surface area contributed by atoms with Crippen LogP contribution in [0.25, 0.3) is 5.65 Å². The first-order valence-electron chi connectivity index (χ1n) is 8.10. The molecule has 3 rings (SSSR count). The van der Waals surface area contributed by atoms with E-state index in [2.05, 4.69) is 20.8 Å². The van der Waals surface area contributed by atoms with Crippen molar-refractivity contribution in [1.82, 2.24) is 30.1 Å². The van der Waals surface area contributed by atoms with Crippen LogP contribution < -0.4 is 10.6 Å². The number of hydrogen-bond acceptors (Lipinski definition) is 5. The van der Waals surface area contributed by atoms with Gasteiger partial charge < -0.3 is 15.1 Å². The zero-order chi connectivity index (χ0) is 17.8. The lowest BCUT2D eigenvalue weighted by molar-refractivity contribution is 0.222. The van der Waals surface area contributed by atoms with E-state index in [1.165, 1.54) is 0 Å². The highest BCUT2D eigenvalue weighted by molar-refractivity contribution is 5.74. The Morgan fingerprint density at radius 2 is 2.12 bits per heavy atom. The summed E-state index contributed by atoms with van der Waals surface area (Å²) in [5, 5.41) is 14.0. The fraction of sp³-hybridized carbons (Fsp3) is 0.353. The molecule has 0 saturated carbocycles. The zero-order valence-electron chi connectivity index (χ0n) is 14.5. The smallest absolute Gasteiger partial charge is 0.315 e. The van der Waals surface area contributed by atoms with Crippen molar-refractivity contribution in [2.45, 2.75) is 19.0 Å². The molecule has 0 aliphatic rings. The molecule has 132 valence electrons. The Bertz CT molecular complexity index is 827. The van der Waals surface area contributed by atoms with Crippen LogP contribution >= 0.6 is 0 Å². The number of rotatable bonds is 6. The van der Waals surface area contributed by atoms with E-state index in [1.54, 1.807) is 6.26 Å². The topological polar surface area (TPSA) is 87.7 Å². The van der Waals surface area contributed by atoms with E-state index in [-0.39, 0.29) is 18.1 Å². The minimum atomic E-state index is -0.279. The lowest BCUT2D eigenvalue weighted by Crippen LogP contribution is -2.41. The van der Waals surface area contributed by atoms with Crippen molar-refractivity contribution >= 4 is 11.7 Å². The number of nitrogens with zero attached hydrogens (tertiary/aromatic N) is 4. The number of nitrogens with one attached hydrogen (secondary N) is 2. The van der Waals surface area contributed by atoms with Crippen LogP contribution in [0.5, 0.6) is 0 Å². The third-order valence-electron chi connectivity index (χ3n) is 4.03. The van der Waals surface area contributed by atoms with E-state index in [0.29, 0.717) is 12.4 Å². The van der Waals surface area contributed by atoms with Crippen LogP contribution in [0.15, 0.2) is 47.2 Å². The van der Waals surface area contributed by atoms with Crippen LogP contribution in [0.2, 0.25) is 0 Å². The van der Waals surface area contributed by atoms with E-state index in [1.807, 2.05) is 66.8 Å². The third kappa shape index (κ3) is 3.80. The Kier molecular flexibility index (Phi) is 4.99. The Labute approximate surface area is 145 Å². The molecule has 0 radical (unpaired) electrons. The Morgan fingerprint density at radius 3 is 2.84 bits per heavy atom. The van der Waals surface area contributed by atoms with Gasteiger partial charge in [-0.15, -0.1) is 10.2 Å². The molecule has 0 saturated heterocycles. The number of urea groups is 1. The van der Waals surface area contributed by atoms with Crippen molar-refractivity contribution in [3.63, 3.8) is 0 Å². The number of furan rings is 1. The summed E-state index contributed by atoms with van der Waals surface area (Å²) in [7, 11) is 3.88. The van der Waals surface area contributed by atoms with Gasteiger partial charge in [-0.3, -0.25) is 9.30 Å². The molecule has 3 heterocycles. The summed E-state index contributed by atoms with van der Waals surface area (Å²) in [6.45, 7) is 2.30. The SMILES string of the molecule is CC(NC(=O)NCC(c1ccco1)N(C)C)c1nnc2ccccn12. The number of pyridine rings is 1. The second-order valence-corrected chi connectivity index (χ2v) is 6.06. The van der Waals surface area contributed by atoms with Gasteiger partial charge in [0.1, 0.15) is 5.76 Å². The van der Waals surface area contributed by atoms with Crippen LogP contribution in [-0.4, -0.2) is 46.2 Å². The summed E-state index contributed by atoms with van der Waals surface area (Å²) in [6.07, 6.45) is 3.50. The third-order valence-corrected chi connectivity index (χ3v) is 4.03. The molecule has 0 bridgehead atoms. The second kappa shape index (κ2) is 7.35. The normalized spacial score (nSPS) is 13.8. The highest BCUT2D eigenvalue weighted by atomic mass is 16.3. The van der Waals surface area contributed by atoms with E-state index in [4.69, 9.17) is 4.42 Å². The van der Waals surface area contributed by atoms with Crippen LogP contribution in [0.4, 0.5) is 4.79 Å². The van der Waals surface area contributed by atoms with E-state index in [9.17, 15) is 4.79 Å². The molecule has 0 spiro atoms. The predicted octanol–water partition coefficient (Wildman–Crippen LogP) is 1.99. The van der Waals surface area contributed by atoms with Gasteiger partial charge in [-0.05, 0) is 45.3 Å². The predicted molar refractivity (Wildman–Crippen MR) is 93.1 cm³/mol. The van der Waals surface area contributed by atoms with E-state index in [0.717, 1.165) is 11.4 Å². The fourth-order valence-corrected chi connectivity index (χ4v) is 2.68. The van der Waals surface area contributed by atoms with Gasteiger partial charge in [0, 0.05) is 12.7 Å². The van der Waals surface area contributed by atoms with Crippen molar-refractivity contribution in [1.29, 1.82) is 0 Å².